The lowest BCUT2D eigenvalue weighted by Gasteiger charge is -1.95. The Morgan fingerprint density at radius 3 is 3.05 bits per heavy atom. The molecule has 0 N–H and O–H groups in total. The number of aromatic nitrogens is 3. The predicted molar refractivity (Wildman–Crippen MR) is 72.2 cm³/mol. The highest BCUT2D eigenvalue weighted by Crippen LogP contribution is 2.24. The molecule has 0 bridgehead atoms. The van der Waals surface area contributed by atoms with Gasteiger partial charge in [0.05, 0.1) is 12.1 Å². The topological polar surface area (TPSA) is 70.2 Å². The normalized spacial score (nSPS) is 10.9. The number of carbonyl (C=O) groups is 1. The second-order valence-corrected chi connectivity index (χ2v) is 4.37. The van der Waals surface area contributed by atoms with Gasteiger partial charge in [-0.15, -0.1) is 0 Å². The smallest absolute Gasteiger partial charge is 0.360 e. The van der Waals surface area contributed by atoms with E-state index in [0.717, 1.165) is 16.5 Å². The minimum absolute atomic E-state index is 0.174. The van der Waals surface area contributed by atoms with Gasteiger partial charge in [0.2, 0.25) is 0 Å². The van der Waals surface area contributed by atoms with Crippen molar-refractivity contribution in [1.82, 2.24) is 14.9 Å². The quantitative estimate of drug-likeness (QED) is 0.684. The molecule has 0 fully saturated rings. The molecule has 6 heteroatoms. The maximum Gasteiger partial charge on any atom is 0.360 e. The molecule has 0 aliphatic heterocycles. The van der Waals surface area contributed by atoms with Crippen LogP contribution in [0.2, 0.25) is 0 Å². The average Bonchev–Trinajstić information content (AvgIpc) is 3.02. The van der Waals surface area contributed by atoms with E-state index in [1.807, 2.05) is 31.4 Å². The molecule has 0 amide bonds. The standard InChI is InChI=1S/C14H13N3O3/c1-3-19-14(18)12-7-13(20-16-12)9-4-5-11-10(6-9)8-17(2)15-11/h4-8H,3H2,1-2H3. The number of fused-ring (bicyclic) bond motifs is 1. The number of hydrogen-bond acceptors (Lipinski definition) is 5. The molecule has 3 aromatic rings. The first-order valence-corrected chi connectivity index (χ1v) is 6.25. The Hall–Kier alpha value is -2.63. The van der Waals surface area contributed by atoms with E-state index in [2.05, 4.69) is 10.3 Å². The Balaban J connectivity index is 1.96. The van der Waals surface area contributed by atoms with E-state index in [4.69, 9.17) is 9.26 Å². The van der Waals surface area contributed by atoms with Gasteiger partial charge in [0.25, 0.3) is 0 Å². The Bertz CT molecular complexity index is 773. The van der Waals surface area contributed by atoms with Crippen LogP contribution in [0.25, 0.3) is 22.2 Å². The molecule has 0 radical (unpaired) electrons. The summed E-state index contributed by atoms with van der Waals surface area (Å²) in [7, 11) is 1.87. The summed E-state index contributed by atoms with van der Waals surface area (Å²) in [5, 5.41) is 9.03. The highest BCUT2D eigenvalue weighted by atomic mass is 16.5. The fourth-order valence-electron chi connectivity index (χ4n) is 2.01. The number of esters is 1. The van der Waals surface area contributed by atoms with E-state index in [1.54, 1.807) is 17.7 Å². The highest BCUT2D eigenvalue weighted by molar-refractivity contribution is 5.89. The fraction of sp³-hybridized carbons (Fsp3) is 0.214. The van der Waals surface area contributed by atoms with Crippen LogP contribution in [0.5, 0.6) is 0 Å². The van der Waals surface area contributed by atoms with Crippen LogP contribution in [0.15, 0.2) is 35.0 Å². The van der Waals surface area contributed by atoms with Crippen LogP contribution in [0.4, 0.5) is 0 Å². The highest BCUT2D eigenvalue weighted by Gasteiger charge is 2.15. The van der Waals surface area contributed by atoms with Gasteiger partial charge in [-0.25, -0.2) is 4.79 Å². The van der Waals surface area contributed by atoms with E-state index in [-0.39, 0.29) is 5.69 Å². The molecule has 0 atom stereocenters. The van der Waals surface area contributed by atoms with E-state index in [9.17, 15) is 4.79 Å². The molecule has 2 aromatic heterocycles. The molecule has 6 nitrogen and oxygen atoms in total. The molecule has 102 valence electrons. The fourth-order valence-corrected chi connectivity index (χ4v) is 2.01. The average molecular weight is 271 g/mol. The molecular formula is C14H13N3O3. The third kappa shape index (κ3) is 2.16. The van der Waals surface area contributed by atoms with Gasteiger partial charge < -0.3 is 9.26 Å². The van der Waals surface area contributed by atoms with Crippen LogP contribution in [0, 0.1) is 0 Å². The minimum Gasteiger partial charge on any atom is -0.461 e. The lowest BCUT2D eigenvalue weighted by molar-refractivity contribution is 0.0514. The molecule has 0 aliphatic carbocycles. The molecule has 0 saturated heterocycles. The van der Waals surface area contributed by atoms with Gasteiger partial charge in [0, 0.05) is 30.3 Å². The SMILES string of the molecule is CCOC(=O)c1cc(-c2ccc3nn(C)cc3c2)on1. The van der Waals surface area contributed by atoms with Gasteiger partial charge >= 0.3 is 5.97 Å². The first-order chi connectivity index (χ1) is 9.67. The zero-order valence-corrected chi connectivity index (χ0v) is 11.2. The zero-order chi connectivity index (χ0) is 14.1. The Kier molecular flexibility index (Phi) is 2.98. The van der Waals surface area contributed by atoms with Crippen LogP contribution < -0.4 is 0 Å². The molecule has 0 spiro atoms. The summed E-state index contributed by atoms with van der Waals surface area (Å²) in [5.74, 6) is 0.0451. The van der Waals surface area contributed by atoms with Crippen molar-refractivity contribution in [2.45, 2.75) is 6.92 Å². The van der Waals surface area contributed by atoms with Crippen molar-refractivity contribution in [3.63, 3.8) is 0 Å². The Labute approximate surface area is 114 Å². The van der Waals surface area contributed by atoms with Crippen LogP contribution in [-0.2, 0) is 11.8 Å². The van der Waals surface area contributed by atoms with Crippen LogP contribution in [0.3, 0.4) is 0 Å². The summed E-state index contributed by atoms with van der Waals surface area (Å²) in [6.45, 7) is 2.05. The summed E-state index contributed by atoms with van der Waals surface area (Å²) in [6.07, 6.45) is 1.92. The molecule has 0 unspecified atom stereocenters. The van der Waals surface area contributed by atoms with Gasteiger partial charge in [-0.3, -0.25) is 4.68 Å². The molecule has 2 heterocycles. The predicted octanol–water partition coefficient (Wildman–Crippen LogP) is 2.41. The maximum absolute atomic E-state index is 11.5. The molecule has 20 heavy (non-hydrogen) atoms. The van der Waals surface area contributed by atoms with Crippen molar-refractivity contribution in [1.29, 1.82) is 0 Å². The Morgan fingerprint density at radius 2 is 2.25 bits per heavy atom. The van der Waals surface area contributed by atoms with Crippen LogP contribution in [0.1, 0.15) is 17.4 Å². The van der Waals surface area contributed by atoms with E-state index in [0.29, 0.717) is 12.4 Å². The number of carbonyl (C=O) groups excluding carboxylic acids is 1. The van der Waals surface area contributed by atoms with E-state index in [1.165, 1.54) is 0 Å². The monoisotopic (exact) mass is 271 g/mol. The minimum atomic E-state index is -0.482. The maximum atomic E-state index is 11.5. The summed E-state index contributed by atoms with van der Waals surface area (Å²) in [5.41, 5.74) is 1.92. The largest absolute Gasteiger partial charge is 0.461 e. The van der Waals surface area contributed by atoms with Gasteiger partial charge in [-0.1, -0.05) is 5.16 Å². The van der Waals surface area contributed by atoms with Gasteiger partial charge in [-0.2, -0.15) is 5.10 Å². The van der Waals surface area contributed by atoms with Crippen molar-refractivity contribution in [2.24, 2.45) is 7.05 Å². The van der Waals surface area contributed by atoms with Crippen molar-refractivity contribution in [3.8, 4) is 11.3 Å². The number of rotatable bonds is 3. The molecule has 0 saturated carbocycles. The number of hydrogen-bond donors (Lipinski definition) is 0. The lowest BCUT2D eigenvalue weighted by atomic mass is 10.1. The van der Waals surface area contributed by atoms with Crippen molar-refractivity contribution >= 4 is 16.9 Å². The van der Waals surface area contributed by atoms with Gasteiger partial charge in [0.15, 0.2) is 11.5 Å². The number of aryl methyl sites for hydroxylation is 1. The Morgan fingerprint density at radius 1 is 1.40 bits per heavy atom. The first-order valence-electron chi connectivity index (χ1n) is 6.25. The lowest BCUT2D eigenvalue weighted by Crippen LogP contribution is -2.04. The molecule has 1 aromatic carbocycles. The zero-order valence-electron chi connectivity index (χ0n) is 11.2. The van der Waals surface area contributed by atoms with E-state index < -0.39 is 5.97 Å². The van der Waals surface area contributed by atoms with Crippen molar-refractivity contribution in [3.05, 3.63) is 36.2 Å². The molecule has 0 aliphatic rings. The van der Waals surface area contributed by atoms with Crippen molar-refractivity contribution < 1.29 is 14.1 Å². The van der Waals surface area contributed by atoms with Gasteiger partial charge in [-0.05, 0) is 25.1 Å². The van der Waals surface area contributed by atoms with Gasteiger partial charge in [0.1, 0.15) is 0 Å². The van der Waals surface area contributed by atoms with Crippen molar-refractivity contribution in [2.75, 3.05) is 6.61 Å². The molecular weight excluding hydrogens is 258 g/mol. The second kappa shape index (κ2) is 4.80. The summed E-state index contributed by atoms with van der Waals surface area (Å²) in [4.78, 5) is 11.5. The van der Waals surface area contributed by atoms with E-state index >= 15 is 0 Å². The van der Waals surface area contributed by atoms with Crippen LogP contribution in [-0.4, -0.2) is 27.5 Å². The molecule has 3 rings (SSSR count). The third-order valence-electron chi connectivity index (χ3n) is 2.90. The summed E-state index contributed by atoms with van der Waals surface area (Å²) < 4.78 is 11.8. The third-order valence-corrected chi connectivity index (χ3v) is 2.90. The van der Waals surface area contributed by atoms with Crippen LogP contribution >= 0.6 is 0 Å². The summed E-state index contributed by atoms with van der Waals surface area (Å²) in [6, 6.07) is 7.30. The number of benzene rings is 1. The number of nitrogens with zero attached hydrogens (tertiary/aromatic N) is 3. The number of ether oxygens (including phenoxy) is 1. The summed E-state index contributed by atoms with van der Waals surface area (Å²) >= 11 is 0. The second-order valence-electron chi connectivity index (χ2n) is 4.37. The first kappa shape index (κ1) is 12.4.